The van der Waals surface area contributed by atoms with Crippen LogP contribution in [0.25, 0.3) is 0 Å². The zero-order chi connectivity index (χ0) is 7.15. The van der Waals surface area contributed by atoms with Gasteiger partial charge in [0.15, 0.2) is 0 Å². The van der Waals surface area contributed by atoms with Gasteiger partial charge < -0.3 is 33.4 Å². The molecule has 0 aliphatic carbocycles. The Kier molecular flexibility index (Phi) is 37.0. The van der Waals surface area contributed by atoms with Gasteiger partial charge in [-0.15, -0.1) is 0 Å². The summed E-state index contributed by atoms with van der Waals surface area (Å²) in [5.41, 5.74) is 0. The van der Waals surface area contributed by atoms with Gasteiger partial charge in [-0.2, -0.15) is 0 Å². The second-order valence-electron chi connectivity index (χ2n) is 0.378. The number of rotatable bonds is 0. The molecule has 10 heteroatoms. The van der Waals surface area contributed by atoms with Crippen LogP contribution in [-0.4, -0.2) is 5.48 Å². The molecule has 0 aliphatic rings. The van der Waals surface area contributed by atoms with Gasteiger partial charge in [0.2, 0.25) is 0 Å². The van der Waals surface area contributed by atoms with Crippen molar-refractivity contribution in [2.45, 2.75) is 0 Å². The first-order chi connectivity index (χ1) is 3.46. The SMILES string of the molecule is O.[O-][Cl+2]([O-])[O-].[O-][Cl+2]([O-])[O-].[Zn+2]. The van der Waals surface area contributed by atoms with E-state index in [4.69, 9.17) is 28.0 Å². The molecule has 0 unspecified atom stereocenters. The van der Waals surface area contributed by atoms with E-state index in [2.05, 4.69) is 0 Å². The Morgan fingerprint density at radius 1 is 0.600 bits per heavy atom. The topological polar surface area (TPSA) is 170 Å². The fraction of sp³-hybridized carbons (Fsp3) is 0. The van der Waals surface area contributed by atoms with Crippen LogP contribution in [0.2, 0.25) is 0 Å². The molecule has 0 heterocycles. The smallest absolute Gasteiger partial charge is 0.412 e. The molecular weight excluding hydrogens is 248 g/mol. The minimum absolute atomic E-state index is 0. The molecule has 0 saturated carbocycles. The average molecular weight is 250 g/mol. The molecule has 0 fully saturated rings. The molecule has 0 radical (unpaired) electrons. The summed E-state index contributed by atoms with van der Waals surface area (Å²) in [5.74, 6) is 0. The van der Waals surface area contributed by atoms with Crippen molar-refractivity contribution < 1.29 is 74.5 Å². The molecule has 0 atom stereocenters. The third-order valence-corrected chi connectivity index (χ3v) is 0. The first kappa shape index (κ1) is 22.4. The maximum atomic E-state index is 8.41. The molecule has 0 bridgehead atoms. The van der Waals surface area contributed by atoms with Crippen LogP contribution in [0.1, 0.15) is 0 Å². The summed E-state index contributed by atoms with van der Waals surface area (Å²) in [4.78, 5) is 0. The molecule has 0 rings (SSSR count). The van der Waals surface area contributed by atoms with Crippen molar-refractivity contribution in [1.82, 2.24) is 0 Å². The summed E-state index contributed by atoms with van der Waals surface area (Å²) >= 11 is 0. The van der Waals surface area contributed by atoms with E-state index < -0.39 is 21.6 Å². The van der Waals surface area contributed by atoms with E-state index in [-0.39, 0.29) is 25.0 Å². The van der Waals surface area contributed by atoms with Crippen molar-refractivity contribution in [3.63, 3.8) is 0 Å². The molecule has 2 N–H and O–H groups in total. The zero-order valence-corrected chi connectivity index (χ0v) is 8.89. The minimum atomic E-state index is -2.85. The van der Waals surface area contributed by atoms with Crippen molar-refractivity contribution in [3.05, 3.63) is 0 Å². The maximum absolute atomic E-state index is 8.41. The Labute approximate surface area is 74.8 Å². The van der Waals surface area contributed by atoms with E-state index in [0.29, 0.717) is 0 Å². The molecular formula is H2Cl2O7Zn. The zero-order valence-electron chi connectivity index (χ0n) is 4.41. The molecule has 0 aliphatic heterocycles. The second-order valence-corrected chi connectivity index (χ2v) is 1.13. The van der Waals surface area contributed by atoms with Gasteiger partial charge in [0.1, 0.15) is 0 Å². The fourth-order valence-electron chi connectivity index (χ4n) is 0. The van der Waals surface area contributed by atoms with E-state index in [1.165, 1.54) is 0 Å². The number of hydrogen-bond donors (Lipinski definition) is 0. The summed E-state index contributed by atoms with van der Waals surface area (Å²) in [6.07, 6.45) is 0. The summed E-state index contributed by atoms with van der Waals surface area (Å²) in [6.45, 7) is 0. The Morgan fingerprint density at radius 2 is 0.600 bits per heavy atom. The third kappa shape index (κ3) is 657. The Hall–Kier alpha value is 0.923. The van der Waals surface area contributed by atoms with Crippen LogP contribution in [0.15, 0.2) is 0 Å². The fourth-order valence-corrected chi connectivity index (χ4v) is 0. The van der Waals surface area contributed by atoms with Gasteiger partial charge in [-0.25, -0.2) is 0 Å². The van der Waals surface area contributed by atoms with E-state index in [1.807, 2.05) is 0 Å². The second kappa shape index (κ2) is 16.5. The van der Waals surface area contributed by atoms with Crippen molar-refractivity contribution >= 4 is 0 Å². The summed E-state index contributed by atoms with van der Waals surface area (Å²) in [7, 11) is -5.70. The number of hydrogen-bond acceptors (Lipinski definition) is 6. The number of halogens is 2. The van der Waals surface area contributed by atoms with Crippen LogP contribution in [0.4, 0.5) is 0 Å². The van der Waals surface area contributed by atoms with Crippen LogP contribution < -0.4 is 28.0 Å². The van der Waals surface area contributed by atoms with Gasteiger partial charge in [-0.3, -0.25) is 0 Å². The van der Waals surface area contributed by atoms with Crippen LogP contribution in [-0.2, 0) is 19.5 Å². The Bertz CT molecular complexity index is 27.1. The predicted molar refractivity (Wildman–Crippen MR) is 3.61 cm³/mol. The molecule has 0 saturated heterocycles. The van der Waals surface area contributed by atoms with Gasteiger partial charge in [0, 0.05) is 0 Å². The Morgan fingerprint density at radius 3 is 0.600 bits per heavy atom. The van der Waals surface area contributed by atoms with Crippen molar-refractivity contribution in [3.8, 4) is 0 Å². The van der Waals surface area contributed by atoms with E-state index in [9.17, 15) is 0 Å². The minimum Gasteiger partial charge on any atom is -0.412 e. The van der Waals surface area contributed by atoms with Gasteiger partial charge >= 0.3 is 19.5 Å². The first-order valence-corrected chi connectivity index (χ1v) is 2.78. The first-order valence-electron chi connectivity index (χ1n) is 0.926. The van der Waals surface area contributed by atoms with Crippen LogP contribution >= 0.6 is 0 Å². The summed E-state index contributed by atoms with van der Waals surface area (Å²) < 4.78 is 50.4. The van der Waals surface area contributed by atoms with Crippen LogP contribution in [0.5, 0.6) is 0 Å². The molecule has 7 nitrogen and oxygen atoms in total. The molecule has 60 valence electrons. The third-order valence-electron chi connectivity index (χ3n) is 0. The van der Waals surface area contributed by atoms with Crippen LogP contribution in [0, 0.1) is 21.6 Å². The monoisotopic (exact) mass is 248 g/mol. The van der Waals surface area contributed by atoms with Crippen molar-refractivity contribution in [1.29, 1.82) is 0 Å². The molecule has 0 aromatic heterocycles. The molecule has 0 spiro atoms. The van der Waals surface area contributed by atoms with Gasteiger partial charge in [-0.1, -0.05) is 0 Å². The van der Waals surface area contributed by atoms with Crippen molar-refractivity contribution in [2.75, 3.05) is 0 Å². The molecule has 0 amide bonds. The Balaban J connectivity index is -0.0000000300. The standard InChI is InChI=1S/2ClO3.H2O.Zn/c2*2-1(3)4;;/h;;1H2;/q2*-1;;+2. The quantitative estimate of drug-likeness (QED) is 0.386. The normalized spacial score (nSPS) is 7.20. The van der Waals surface area contributed by atoms with Crippen molar-refractivity contribution in [2.24, 2.45) is 0 Å². The predicted octanol–water partition coefficient (Wildman–Crippen LogP) is -7.96. The van der Waals surface area contributed by atoms with E-state index in [1.54, 1.807) is 0 Å². The van der Waals surface area contributed by atoms with Crippen LogP contribution in [0.3, 0.4) is 0 Å². The average Bonchev–Trinajstić information content (AvgIpc) is 1.25. The molecule has 0 aromatic rings. The van der Waals surface area contributed by atoms with Gasteiger partial charge in [0.05, 0.1) is 21.6 Å². The molecule has 0 aromatic carbocycles. The summed E-state index contributed by atoms with van der Waals surface area (Å²) in [5, 5.41) is 0. The largest absolute Gasteiger partial charge is 2.00 e. The van der Waals surface area contributed by atoms with E-state index in [0.717, 1.165) is 0 Å². The van der Waals surface area contributed by atoms with Gasteiger partial charge in [-0.05, 0) is 0 Å². The summed E-state index contributed by atoms with van der Waals surface area (Å²) in [6, 6.07) is 0. The van der Waals surface area contributed by atoms with Gasteiger partial charge in [0.25, 0.3) is 0 Å². The van der Waals surface area contributed by atoms with E-state index >= 15 is 0 Å². The maximum Gasteiger partial charge on any atom is 2.00 e. The molecule has 10 heavy (non-hydrogen) atoms.